The molecule has 4 nitrogen and oxygen atoms in total. The summed E-state index contributed by atoms with van der Waals surface area (Å²) in [5.41, 5.74) is 0.470. The lowest BCUT2D eigenvalue weighted by atomic mass is 9.92. The van der Waals surface area contributed by atoms with Crippen molar-refractivity contribution >= 4 is 11.6 Å². The van der Waals surface area contributed by atoms with E-state index in [9.17, 15) is 9.90 Å². The Morgan fingerprint density at radius 1 is 1.47 bits per heavy atom. The number of hydrogen-bond donors (Lipinski definition) is 3. The molecule has 2 atom stereocenters. The van der Waals surface area contributed by atoms with Crippen LogP contribution in [-0.4, -0.2) is 23.6 Å². The van der Waals surface area contributed by atoms with Gasteiger partial charge in [0.05, 0.1) is 11.7 Å². The number of hydrogen-bond acceptors (Lipinski definition) is 3. The summed E-state index contributed by atoms with van der Waals surface area (Å²) in [7, 11) is 0. The van der Waals surface area contributed by atoms with Gasteiger partial charge in [0.25, 0.3) is 0 Å². The maximum Gasteiger partial charge on any atom is 0.241 e. The van der Waals surface area contributed by atoms with E-state index >= 15 is 0 Å². The van der Waals surface area contributed by atoms with Gasteiger partial charge in [-0.15, -0.1) is 0 Å². The van der Waals surface area contributed by atoms with Gasteiger partial charge in [-0.2, -0.15) is 0 Å². The van der Waals surface area contributed by atoms with E-state index in [-0.39, 0.29) is 17.7 Å². The Morgan fingerprint density at radius 2 is 2.24 bits per heavy atom. The van der Waals surface area contributed by atoms with Gasteiger partial charge in [0, 0.05) is 0 Å². The summed E-state index contributed by atoms with van der Waals surface area (Å²) in [5.74, 6) is 0.359. The fraction of sp³-hybridized carbons (Fsp3) is 0.462. The molecule has 2 unspecified atom stereocenters. The minimum Gasteiger partial charge on any atom is -0.506 e. The summed E-state index contributed by atoms with van der Waals surface area (Å²) in [6.07, 6.45) is 2.17. The molecule has 1 amide bonds. The topological polar surface area (TPSA) is 61.4 Å². The van der Waals surface area contributed by atoms with Crippen LogP contribution in [-0.2, 0) is 4.79 Å². The first-order valence-electron chi connectivity index (χ1n) is 6.00. The highest BCUT2D eigenvalue weighted by molar-refractivity contribution is 5.96. The third-order valence-corrected chi connectivity index (χ3v) is 3.21. The van der Waals surface area contributed by atoms with Crippen LogP contribution in [0.15, 0.2) is 24.3 Å². The van der Waals surface area contributed by atoms with Gasteiger partial charge in [0.2, 0.25) is 5.91 Å². The number of benzene rings is 1. The van der Waals surface area contributed by atoms with Crippen LogP contribution in [0.1, 0.15) is 19.8 Å². The molecule has 1 aliphatic rings. The minimum atomic E-state index is -0.164. The van der Waals surface area contributed by atoms with Crippen LogP contribution in [0, 0.1) is 5.92 Å². The Kier molecular flexibility index (Phi) is 3.64. The smallest absolute Gasteiger partial charge is 0.241 e. The molecule has 17 heavy (non-hydrogen) atoms. The largest absolute Gasteiger partial charge is 0.506 e. The lowest BCUT2D eigenvalue weighted by Gasteiger charge is -2.28. The molecule has 1 aromatic carbocycles. The highest BCUT2D eigenvalue weighted by Gasteiger charge is 2.27. The van der Waals surface area contributed by atoms with E-state index in [1.54, 1.807) is 24.3 Å². The Morgan fingerprint density at radius 3 is 2.94 bits per heavy atom. The maximum absolute atomic E-state index is 12.0. The molecule has 0 bridgehead atoms. The fourth-order valence-corrected chi connectivity index (χ4v) is 2.19. The first-order chi connectivity index (χ1) is 8.18. The minimum absolute atomic E-state index is 0.0706. The van der Waals surface area contributed by atoms with E-state index in [0.717, 1.165) is 19.4 Å². The lowest BCUT2D eigenvalue weighted by Crippen LogP contribution is -2.48. The highest BCUT2D eigenvalue weighted by atomic mass is 16.3. The Labute approximate surface area is 101 Å². The van der Waals surface area contributed by atoms with Crippen LogP contribution in [0.5, 0.6) is 5.75 Å². The quantitative estimate of drug-likeness (QED) is 0.683. The SMILES string of the molecule is CC1CCCNC1C(=O)Nc1ccccc1O. The van der Waals surface area contributed by atoms with Gasteiger partial charge >= 0.3 is 0 Å². The van der Waals surface area contributed by atoms with Crippen LogP contribution in [0.25, 0.3) is 0 Å². The second kappa shape index (κ2) is 5.19. The van der Waals surface area contributed by atoms with Crippen LogP contribution in [0.2, 0.25) is 0 Å². The highest BCUT2D eigenvalue weighted by Crippen LogP contribution is 2.23. The molecule has 0 aromatic heterocycles. The van der Waals surface area contributed by atoms with E-state index < -0.39 is 0 Å². The van der Waals surface area contributed by atoms with Crippen molar-refractivity contribution in [3.05, 3.63) is 24.3 Å². The monoisotopic (exact) mass is 234 g/mol. The van der Waals surface area contributed by atoms with Gasteiger partial charge in [-0.25, -0.2) is 0 Å². The Bertz CT molecular complexity index is 406. The Hall–Kier alpha value is -1.55. The van der Waals surface area contributed by atoms with E-state index in [2.05, 4.69) is 17.6 Å². The third-order valence-electron chi connectivity index (χ3n) is 3.21. The number of nitrogens with one attached hydrogen (secondary N) is 2. The van der Waals surface area contributed by atoms with Gasteiger partial charge in [-0.05, 0) is 37.4 Å². The molecule has 1 aliphatic heterocycles. The summed E-state index contributed by atoms with van der Waals surface area (Å²) in [5, 5.41) is 15.6. The summed E-state index contributed by atoms with van der Waals surface area (Å²) in [6, 6.07) is 6.61. The number of phenolic OH excluding ortho intramolecular Hbond substituents is 1. The van der Waals surface area contributed by atoms with E-state index in [0.29, 0.717) is 11.6 Å². The number of phenols is 1. The van der Waals surface area contributed by atoms with Gasteiger partial charge in [-0.3, -0.25) is 4.79 Å². The summed E-state index contributed by atoms with van der Waals surface area (Å²) in [4.78, 5) is 12.0. The number of aromatic hydroxyl groups is 1. The average Bonchev–Trinajstić information content (AvgIpc) is 2.32. The number of carbonyl (C=O) groups excluding carboxylic acids is 1. The maximum atomic E-state index is 12.0. The number of rotatable bonds is 2. The molecule has 92 valence electrons. The van der Waals surface area contributed by atoms with Crippen molar-refractivity contribution in [2.45, 2.75) is 25.8 Å². The summed E-state index contributed by atoms with van der Waals surface area (Å²) < 4.78 is 0. The van der Waals surface area contributed by atoms with Gasteiger partial charge in [0.15, 0.2) is 0 Å². The lowest BCUT2D eigenvalue weighted by molar-refractivity contribution is -0.119. The summed E-state index contributed by atoms with van der Waals surface area (Å²) in [6.45, 7) is 2.95. The predicted molar refractivity (Wildman–Crippen MR) is 66.9 cm³/mol. The Balaban J connectivity index is 2.03. The second-order valence-electron chi connectivity index (χ2n) is 4.56. The van der Waals surface area contributed by atoms with Gasteiger partial charge in [0.1, 0.15) is 5.75 Å². The summed E-state index contributed by atoms with van der Waals surface area (Å²) >= 11 is 0. The van der Waals surface area contributed by atoms with Crippen LogP contribution >= 0.6 is 0 Å². The molecule has 1 saturated heterocycles. The molecule has 4 heteroatoms. The molecule has 0 aliphatic carbocycles. The van der Waals surface area contributed by atoms with E-state index in [4.69, 9.17) is 0 Å². The molecule has 1 aromatic rings. The zero-order chi connectivity index (χ0) is 12.3. The number of amides is 1. The van der Waals surface area contributed by atoms with E-state index in [1.807, 2.05) is 0 Å². The second-order valence-corrected chi connectivity index (χ2v) is 4.56. The van der Waals surface area contributed by atoms with Crippen molar-refractivity contribution in [2.24, 2.45) is 5.92 Å². The third kappa shape index (κ3) is 2.77. The van der Waals surface area contributed by atoms with Crippen molar-refractivity contribution in [1.82, 2.24) is 5.32 Å². The van der Waals surface area contributed by atoms with Crippen molar-refractivity contribution in [2.75, 3.05) is 11.9 Å². The van der Waals surface area contributed by atoms with Crippen LogP contribution < -0.4 is 10.6 Å². The molecule has 1 fully saturated rings. The van der Waals surface area contributed by atoms with Crippen molar-refractivity contribution < 1.29 is 9.90 Å². The number of para-hydroxylation sites is 2. The first-order valence-corrected chi connectivity index (χ1v) is 6.00. The van der Waals surface area contributed by atoms with Crippen molar-refractivity contribution in [3.63, 3.8) is 0 Å². The average molecular weight is 234 g/mol. The normalized spacial score (nSPS) is 24.3. The van der Waals surface area contributed by atoms with E-state index in [1.165, 1.54) is 0 Å². The zero-order valence-electron chi connectivity index (χ0n) is 9.94. The molecule has 1 heterocycles. The van der Waals surface area contributed by atoms with Crippen molar-refractivity contribution in [1.29, 1.82) is 0 Å². The number of piperidine rings is 1. The molecular weight excluding hydrogens is 216 g/mol. The predicted octanol–water partition coefficient (Wildman–Crippen LogP) is 1.72. The van der Waals surface area contributed by atoms with Gasteiger partial charge < -0.3 is 15.7 Å². The molecule has 0 radical (unpaired) electrons. The van der Waals surface area contributed by atoms with Crippen LogP contribution in [0.4, 0.5) is 5.69 Å². The molecule has 0 spiro atoms. The first kappa shape index (κ1) is 11.9. The zero-order valence-corrected chi connectivity index (χ0v) is 9.94. The molecule has 0 saturated carbocycles. The number of carbonyl (C=O) groups is 1. The standard InChI is InChI=1S/C13H18N2O2/c1-9-5-4-8-14-12(9)13(17)15-10-6-2-3-7-11(10)16/h2-3,6-7,9,12,14,16H,4-5,8H2,1H3,(H,15,17). The molecule has 2 rings (SSSR count). The van der Waals surface area contributed by atoms with Gasteiger partial charge in [-0.1, -0.05) is 19.1 Å². The fourth-order valence-electron chi connectivity index (χ4n) is 2.19. The number of anilines is 1. The molecular formula is C13H18N2O2. The van der Waals surface area contributed by atoms with Crippen LogP contribution in [0.3, 0.4) is 0 Å². The van der Waals surface area contributed by atoms with Crippen molar-refractivity contribution in [3.8, 4) is 5.75 Å². The molecule has 3 N–H and O–H groups in total.